The lowest BCUT2D eigenvalue weighted by Gasteiger charge is -2.13. The van der Waals surface area contributed by atoms with Crippen LogP contribution < -0.4 is 10.1 Å². The van der Waals surface area contributed by atoms with Crippen molar-refractivity contribution < 1.29 is 9.53 Å². The molecule has 34 heavy (non-hydrogen) atoms. The number of aromatic nitrogens is 2. The first kappa shape index (κ1) is 21.7. The number of hydrogen-bond acceptors (Lipinski definition) is 6. The number of thiophene rings is 1. The van der Waals surface area contributed by atoms with Gasteiger partial charge in [0.05, 0.1) is 17.4 Å². The largest absolute Gasteiger partial charge is 0.491 e. The molecule has 6 nitrogen and oxygen atoms in total. The summed E-state index contributed by atoms with van der Waals surface area (Å²) < 4.78 is 5.85. The van der Waals surface area contributed by atoms with Crippen LogP contribution in [-0.4, -0.2) is 22.4 Å². The number of carbonyl (C=O) groups is 1. The van der Waals surface area contributed by atoms with Gasteiger partial charge >= 0.3 is 0 Å². The van der Waals surface area contributed by atoms with Gasteiger partial charge < -0.3 is 15.0 Å². The average molecular weight is 467 g/mol. The van der Waals surface area contributed by atoms with Crippen molar-refractivity contribution in [2.45, 2.75) is 26.9 Å². The summed E-state index contributed by atoms with van der Waals surface area (Å²) in [5.41, 5.74) is 5.70. The van der Waals surface area contributed by atoms with E-state index in [1.807, 2.05) is 56.4 Å². The number of nitrogens with zero attached hydrogens (tertiary/aromatic N) is 2. The number of ether oxygens (including phenoxy) is 1. The number of fused-ring (bicyclic) bond motifs is 2. The number of aldehydes is 1. The fourth-order valence-electron chi connectivity index (χ4n) is 4.08. The Morgan fingerprint density at radius 1 is 1.18 bits per heavy atom. The van der Waals surface area contributed by atoms with E-state index in [1.165, 1.54) is 11.3 Å². The van der Waals surface area contributed by atoms with E-state index in [9.17, 15) is 10.1 Å². The number of aryl methyl sites for hydroxylation is 1. The highest BCUT2D eigenvalue weighted by Crippen LogP contribution is 2.40. The Labute approximate surface area is 200 Å². The van der Waals surface area contributed by atoms with Gasteiger partial charge in [-0.25, -0.2) is 4.98 Å². The van der Waals surface area contributed by atoms with Crippen LogP contribution in [0.3, 0.4) is 0 Å². The zero-order chi connectivity index (χ0) is 23.8. The first-order chi connectivity index (χ1) is 16.5. The molecule has 0 aliphatic carbocycles. The molecule has 0 bridgehead atoms. The highest BCUT2D eigenvalue weighted by molar-refractivity contribution is 7.22. The first-order valence-electron chi connectivity index (χ1n) is 10.9. The van der Waals surface area contributed by atoms with Crippen LogP contribution in [0, 0.1) is 18.3 Å². The molecule has 0 aliphatic heterocycles. The molecule has 0 saturated carbocycles. The van der Waals surface area contributed by atoms with Gasteiger partial charge in [-0.15, -0.1) is 11.3 Å². The van der Waals surface area contributed by atoms with E-state index >= 15 is 0 Å². The molecule has 3 heterocycles. The number of rotatable bonds is 6. The summed E-state index contributed by atoms with van der Waals surface area (Å²) in [6, 6.07) is 15.9. The number of carbonyl (C=O) groups excluding carboxylic acids is 1. The Hall–Kier alpha value is -4.15. The number of pyridine rings is 1. The van der Waals surface area contributed by atoms with Gasteiger partial charge in [-0.2, -0.15) is 5.26 Å². The molecule has 0 amide bonds. The van der Waals surface area contributed by atoms with E-state index in [-0.39, 0.29) is 6.10 Å². The average Bonchev–Trinajstić information content (AvgIpc) is 3.48. The molecule has 0 fully saturated rings. The molecule has 0 spiro atoms. The number of benzene rings is 2. The summed E-state index contributed by atoms with van der Waals surface area (Å²) in [7, 11) is 0. The van der Waals surface area contributed by atoms with Crippen molar-refractivity contribution in [2.75, 3.05) is 5.32 Å². The minimum atomic E-state index is -0.00609. The summed E-state index contributed by atoms with van der Waals surface area (Å²) in [5.74, 6) is 0.645. The zero-order valence-electron chi connectivity index (χ0n) is 19.0. The van der Waals surface area contributed by atoms with E-state index in [4.69, 9.17) is 4.74 Å². The van der Waals surface area contributed by atoms with Gasteiger partial charge in [-0.3, -0.25) is 4.79 Å². The van der Waals surface area contributed by atoms with E-state index in [0.717, 1.165) is 54.8 Å². The van der Waals surface area contributed by atoms with Crippen LogP contribution in [0.4, 0.5) is 11.4 Å². The Balaban J connectivity index is 1.63. The topological polar surface area (TPSA) is 90.8 Å². The third-order valence-corrected chi connectivity index (χ3v) is 6.76. The lowest BCUT2D eigenvalue weighted by atomic mass is 10.1. The van der Waals surface area contributed by atoms with Crippen LogP contribution >= 0.6 is 11.3 Å². The third kappa shape index (κ3) is 3.89. The molecule has 2 aromatic carbocycles. The number of aromatic amines is 1. The van der Waals surface area contributed by atoms with Crippen molar-refractivity contribution in [1.29, 1.82) is 5.26 Å². The summed E-state index contributed by atoms with van der Waals surface area (Å²) in [6.45, 7) is 5.96. The maximum atomic E-state index is 11.5. The predicted molar refractivity (Wildman–Crippen MR) is 137 cm³/mol. The van der Waals surface area contributed by atoms with Crippen molar-refractivity contribution in [3.63, 3.8) is 0 Å². The second-order valence-corrected chi connectivity index (χ2v) is 9.40. The molecular weight excluding hydrogens is 444 g/mol. The van der Waals surface area contributed by atoms with E-state index < -0.39 is 0 Å². The standard InChI is InChI=1S/C27H22N4O2S/c1-15(2)33-20-9-17(14-32)8-18(10-20)25-11-22-26(19(12-28)13-30-27(22)34-25)31-23-4-5-24-21(16(23)3)6-7-29-24/h4-11,13-15,29H,1-3H3,(H,30,31). The molecule has 0 atom stereocenters. The van der Waals surface area contributed by atoms with Gasteiger partial charge in [0.1, 0.15) is 22.9 Å². The summed E-state index contributed by atoms with van der Waals surface area (Å²) >= 11 is 1.51. The van der Waals surface area contributed by atoms with Crippen LogP contribution in [0.2, 0.25) is 0 Å². The van der Waals surface area contributed by atoms with Crippen molar-refractivity contribution in [3.8, 4) is 22.3 Å². The van der Waals surface area contributed by atoms with Gasteiger partial charge in [0, 0.05) is 44.8 Å². The molecule has 5 aromatic rings. The van der Waals surface area contributed by atoms with E-state index in [0.29, 0.717) is 16.9 Å². The summed E-state index contributed by atoms with van der Waals surface area (Å²) in [4.78, 5) is 21.0. The number of H-pyrrole nitrogens is 1. The quantitative estimate of drug-likeness (QED) is 0.264. The Morgan fingerprint density at radius 3 is 2.79 bits per heavy atom. The molecule has 0 radical (unpaired) electrons. The molecule has 5 rings (SSSR count). The highest BCUT2D eigenvalue weighted by Gasteiger charge is 2.16. The number of nitrogens with one attached hydrogen (secondary N) is 2. The highest BCUT2D eigenvalue weighted by atomic mass is 32.1. The van der Waals surface area contributed by atoms with Crippen molar-refractivity contribution in [2.24, 2.45) is 0 Å². The molecule has 0 unspecified atom stereocenters. The molecule has 2 N–H and O–H groups in total. The first-order valence-corrected chi connectivity index (χ1v) is 11.7. The van der Waals surface area contributed by atoms with Crippen molar-refractivity contribution in [1.82, 2.24) is 9.97 Å². The lowest BCUT2D eigenvalue weighted by Crippen LogP contribution is -2.05. The molecule has 0 saturated heterocycles. The lowest BCUT2D eigenvalue weighted by molar-refractivity contribution is 0.112. The summed E-state index contributed by atoms with van der Waals surface area (Å²) in [6.07, 6.45) is 4.34. The van der Waals surface area contributed by atoms with Gasteiger partial charge in [0.15, 0.2) is 0 Å². The van der Waals surface area contributed by atoms with Gasteiger partial charge in [-0.1, -0.05) is 0 Å². The van der Waals surface area contributed by atoms with Crippen LogP contribution in [0.1, 0.15) is 35.3 Å². The SMILES string of the molecule is Cc1c(Nc2c(C#N)cnc3sc(-c4cc(C=O)cc(OC(C)C)c4)cc23)ccc2[nH]ccc12. The molecule has 7 heteroatoms. The monoisotopic (exact) mass is 466 g/mol. The third-order valence-electron chi connectivity index (χ3n) is 5.67. The molecule has 0 aliphatic rings. The molecule has 168 valence electrons. The van der Waals surface area contributed by atoms with Crippen molar-refractivity contribution >= 4 is 50.1 Å². The normalized spacial score (nSPS) is 11.1. The van der Waals surface area contributed by atoms with Gasteiger partial charge in [0.2, 0.25) is 0 Å². The number of hydrogen-bond donors (Lipinski definition) is 2. The molecule has 3 aromatic heterocycles. The van der Waals surface area contributed by atoms with Crippen LogP contribution in [-0.2, 0) is 0 Å². The Bertz CT molecular complexity index is 1590. The predicted octanol–water partition coefficient (Wildman–Crippen LogP) is 6.97. The van der Waals surface area contributed by atoms with Gasteiger partial charge in [-0.05, 0) is 74.4 Å². The second kappa shape index (κ2) is 8.65. The number of anilines is 2. The maximum Gasteiger partial charge on any atom is 0.150 e. The Morgan fingerprint density at radius 2 is 2.03 bits per heavy atom. The second-order valence-electron chi connectivity index (χ2n) is 8.37. The minimum absolute atomic E-state index is 0.00609. The van der Waals surface area contributed by atoms with Crippen LogP contribution in [0.25, 0.3) is 31.6 Å². The number of nitriles is 1. The van der Waals surface area contributed by atoms with Gasteiger partial charge in [0.25, 0.3) is 0 Å². The van der Waals surface area contributed by atoms with Crippen LogP contribution in [0.15, 0.2) is 54.9 Å². The Kier molecular flexibility index (Phi) is 5.52. The van der Waals surface area contributed by atoms with E-state index in [1.54, 1.807) is 12.3 Å². The minimum Gasteiger partial charge on any atom is -0.491 e. The maximum absolute atomic E-state index is 11.5. The smallest absolute Gasteiger partial charge is 0.150 e. The fourth-order valence-corrected chi connectivity index (χ4v) is 5.07. The van der Waals surface area contributed by atoms with E-state index in [2.05, 4.69) is 28.3 Å². The zero-order valence-corrected chi connectivity index (χ0v) is 19.8. The fraction of sp³-hybridized carbons (Fsp3) is 0.148. The van der Waals surface area contributed by atoms with Crippen LogP contribution in [0.5, 0.6) is 5.75 Å². The van der Waals surface area contributed by atoms with Crippen molar-refractivity contribution in [3.05, 3.63) is 71.5 Å². The summed E-state index contributed by atoms with van der Waals surface area (Å²) in [5, 5.41) is 15.3. The molecular formula is C27H22N4O2S.